The minimum atomic E-state index is -0.137. The van der Waals surface area contributed by atoms with E-state index >= 15 is 0 Å². The number of nitrogens with one attached hydrogen (secondary N) is 1. The number of hydrogen-bond acceptors (Lipinski definition) is 15. The summed E-state index contributed by atoms with van der Waals surface area (Å²) in [4.78, 5) is 11.8. The van der Waals surface area contributed by atoms with E-state index in [0.717, 1.165) is 38.8 Å². The van der Waals surface area contributed by atoms with Crippen molar-refractivity contribution in [2.24, 2.45) is 0 Å². The molecule has 1 aliphatic heterocycles. The standard InChI is InChI=1S/C41H81NO14/c1-2-3-4-5-6-7-8-9-10-11-41(43)56-39-37-54-35-33-52-31-29-50-27-25-48-23-21-46-19-17-44-16-18-45-20-22-47-24-26-49-28-30-51-32-34-53-36-38-55-40-12-14-42-15-13-40/h40,42H,2-39H2,1H3. The zero-order chi connectivity index (χ0) is 39.9. The van der Waals surface area contributed by atoms with E-state index in [4.69, 9.17) is 61.6 Å². The Labute approximate surface area is 339 Å². The molecule has 0 unspecified atom stereocenters. The van der Waals surface area contributed by atoms with Gasteiger partial charge in [0, 0.05) is 6.42 Å². The Bertz CT molecular complexity index is 766. The van der Waals surface area contributed by atoms with Gasteiger partial charge in [-0.15, -0.1) is 0 Å². The van der Waals surface area contributed by atoms with Crippen molar-refractivity contribution in [3.8, 4) is 0 Å². The topological polar surface area (TPSA) is 149 Å². The van der Waals surface area contributed by atoms with Crippen LogP contribution in [-0.2, 0) is 66.4 Å². The third-order valence-electron chi connectivity index (χ3n) is 8.56. The van der Waals surface area contributed by atoms with Crippen LogP contribution in [0.4, 0.5) is 0 Å². The van der Waals surface area contributed by atoms with Crippen molar-refractivity contribution in [3.05, 3.63) is 0 Å². The second kappa shape index (κ2) is 46.6. The second-order valence-electron chi connectivity index (χ2n) is 13.4. The van der Waals surface area contributed by atoms with E-state index in [0.29, 0.717) is 164 Å². The van der Waals surface area contributed by atoms with Crippen molar-refractivity contribution in [1.82, 2.24) is 5.32 Å². The summed E-state index contributed by atoms with van der Waals surface area (Å²) in [6.45, 7) is 16.4. The number of carbonyl (C=O) groups excluding carboxylic acids is 1. The van der Waals surface area contributed by atoms with Gasteiger partial charge in [0.15, 0.2) is 0 Å². The third kappa shape index (κ3) is 42.6. The predicted molar refractivity (Wildman–Crippen MR) is 214 cm³/mol. The van der Waals surface area contributed by atoms with E-state index in [2.05, 4.69) is 12.2 Å². The van der Waals surface area contributed by atoms with Gasteiger partial charge in [-0.25, -0.2) is 0 Å². The number of unbranched alkanes of at least 4 members (excludes halogenated alkanes) is 8. The van der Waals surface area contributed by atoms with E-state index in [1.165, 1.54) is 44.9 Å². The van der Waals surface area contributed by atoms with E-state index in [1.54, 1.807) is 0 Å². The summed E-state index contributed by atoms with van der Waals surface area (Å²) in [6, 6.07) is 0. The van der Waals surface area contributed by atoms with Crippen LogP contribution in [0.5, 0.6) is 0 Å². The molecule has 15 nitrogen and oxygen atoms in total. The van der Waals surface area contributed by atoms with Crippen molar-refractivity contribution >= 4 is 5.97 Å². The zero-order valence-corrected chi connectivity index (χ0v) is 35.2. The number of rotatable bonds is 47. The molecular weight excluding hydrogens is 730 g/mol. The van der Waals surface area contributed by atoms with Gasteiger partial charge in [0.05, 0.1) is 158 Å². The summed E-state index contributed by atoms with van der Waals surface area (Å²) in [5.74, 6) is -0.137. The lowest BCUT2D eigenvalue weighted by Crippen LogP contribution is -2.33. The Morgan fingerprint density at radius 1 is 0.393 bits per heavy atom. The van der Waals surface area contributed by atoms with Gasteiger partial charge in [-0.05, 0) is 32.4 Å². The van der Waals surface area contributed by atoms with Crippen LogP contribution in [0.1, 0.15) is 84.0 Å². The molecule has 0 amide bonds. The third-order valence-corrected chi connectivity index (χ3v) is 8.56. The molecule has 15 heteroatoms. The second-order valence-corrected chi connectivity index (χ2v) is 13.4. The van der Waals surface area contributed by atoms with Crippen LogP contribution < -0.4 is 5.32 Å². The van der Waals surface area contributed by atoms with Crippen molar-refractivity contribution in [2.75, 3.05) is 172 Å². The lowest BCUT2D eigenvalue weighted by Gasteiger charge is -2.22. The highest BCUT2D eigenvalue weighted by Gasteiger charge is 2.12. The average Bonchev–Trinajstić information content (AvgIpc) is 3.21. The quantitative estimate of drug-likeness (QED) is 0.0683. The Kier molecular flexibility index (Phi) is 44.1. The lowest BCUT2D eigenvalue weighted by molar-refractivity contribution is -0.145. The molecule has 0 aliphatic carbocycles. The number of piperidine rings is 1. The lowest BCUT2D eigenvalue weighted by atomic mass is 10.1. The van der Waals surface area contributed by atoms with Gasteiger partial charge in [0.25, 0.3) is 0 Å². The molecule has 56 heavy (non-hydrogen) atoms. The average molecular weight is 812 g/mol. The van der Waals surface area contributed by atoms with Gasteiger partial charge in [-0.1, -0.05) is 58.3 Å². The molecule has 1 rings (SSSR count). The molecule has 0 radical (unpaired) electrons. The summed E-state index contributed by atoms with van der Waals surface area (Å²) in [5.41, 5.74) is 0. The Morgan fingerprint density at radius 3 is 1.02 bits per heavy atom. The minimum absolute atomic E-state index is 0.137. The maximum atomic E-state index is 11.8. The Balaban J connectivity index is 1.61. The molecule has 0 aromatic rings. The summed E-state index contributed by atoms with van der Waals surface area (Å²) in [7, 11) is 0. The van der Waals surface area contributed by atoms with Crippen LogP contribution in [0.3, 0.4) is 0 Å². The summed E-state index contributed by atoms with van der Waals surface area (Å²) >= 11 is 0. The van der Waals surface area contributed by atoms with Gasteiger partial charge in [0.2, 0.25) is 0 Å². The van der Waals surface area contributed by atoms with Crippen LogP contribution in [0.2, 0.25) is 0 Å². The van der Waals surface area contributed by atoms with Crippen LogP contribution in [0, 0.1) is 0 Å². The SMILES string of the molecule is CCCCCCCCCCCC(=O)OCCOCCOCCOCCOCCOCCOCCOCCOCCOCCOCCOCCOC1CCNCC1. The molecule has 1 fully saturated rings. The molecule has 1 aliphatic rings. The number of hydrogen-bond donors (Lipinski definition) is 1. The van der Waals surface area contributed by atoms with Crippen molar-refractivity contribution in [1.29, 1.82) is 0 Å². The number of ether oxygens (including phenoxy) is 13. The number of esters is 1. The normalized spacial score (nSPS) is 13.5. The molecule has 1 heterocycles. The van der Waals surface area contributed by atoms with Crippen LogP contribution >= 0.6 is 0 Å². The first-order chi connectivity index (χ1) is 27.8. The zero-order valence-electron chi connectivity index (χ0n) is 35.2. The summed E-state index contributed by atoms with van der Waals surface area (Å²) < 4.78 is 71.5. The van der Waals surface area contributed by atoms with Gasteiger partial charge < -0.3 is 66.9 Å². The van der Waals surface area contributed by atoms with Gasteiger partial charge in [0.1, 0.15) is 6.61 Å². The molecule has 0 saturated carbocycles. The molecule has 334 valence electrons. The van der Waals surface area contributed by atoms with Gasteiger partial charge in [-0.3, -0.25) is 4.79 Å². The van der Waals surface area contributed by atoms with Gasteiger partial charge >= 0.3 is 5.97 Å². The fourth-order valence-corrected chi connectivity index (χ4v) is 5.40. The highest BCUT2D eigenvalue weighted by atomic mass is 16.6. The van der Waals surface area contributed by atoms with E-state index in [9.17, 15) is 4.79 Å². The van der Waals surface area contributed by atoms with Crippen molar-refractivity contribution in [3.63, 3.8) is 0 Å². The number of carbonyl (C=O) groups is 1. The highest BCUT2D eigenvalue weighted by Crippen LogP contribution is 2.11. The molecule has 0 bridgehead atoms. The largest absolute Gasteiger partial charge is 0.463 e. The van der Waals surface area contributed by atoms with Crippen molar-refractivity contribution in [2.45, 2.75) is 90.1 Å². The van der Waals surface area contributed by atoms with Crippen LogP contribution in [-0.4, -0.2) is 184 Å². The molecule has 0 aromatic heterocycles. The highest BCUT2D eigenvalue weighted by molar-refractivity contribution is 5.69. The first-order valence-electron chi connectivity index (χ1n) is 21.7. The fraction of sp³-hybridized carbons (Fsp3) is 0.976. The predicted octanol–water partition coefficient (Wildman–Crippen LogP) is 4.40. The molecule has 1 saturated heterocycles. The molecule has 0 spiro atoms. The molecule has 0 atom stereocenters. The van der Waals surface area contributed by atoms with Crippen LogP contribution in [0.15, 0.2) is 0 Å². The Hall–Kier alpha value is -1.05. The van der Waals surface area contributed by atoms with E-state index in [-0.39, 0.29) is 12.6 Å². The van der Waals surface area contributed by atoms with E-state index in [1.807, 2.05) is 0 Å². The molecule has 1 N–H and O–H groups in total. The smallest absolute Gasteiger partial charge is 0.305 e. The monoisotopic (exact) mass is 812 g/mol. The minimum Gasteiger partial charge on any atom is -0.463 e. The Morgan fingerprint density at radius 2 is 0.679 bits per heavy atom. The summed E-state index contributed by atoms with van der Waals surface area (Å²) in [6.07, 6.45) is 14.1. The van der Waals surface area contributed by atoms with Gasteiger partial charge in [-0.2, -0.15) is 0 Å². The molecular formula is C41H81NO14. The maximum Gasteiger partial charge on any atom is 0.305 e. The fourth-order valence-electron chi connectivity index (χ4n) is 5.40. The van der Waals surface area contributed by atoms with E-state index < -0.39 is 0 Å². The van der Waals surface area contributed by atoms with Crippen LogP contribution in [0.25, 0.3) is 0 Å². The summed E-state index contributed by atoms with van der Waals surface area (Å²) in [5, 5.41) is 3.33. The first kappa shape index (κ1) is 53.0. The maximum absolute atomic E-state index is 11.8. The molecule has 0 aromatic carbocycles. The first-order valence-corrected chi connectivity index (χ1v) is 21.7. The van der Waals surface area contributed by atoms with Crippen molar-refractivity contribution < 1.29 is 66.4 Å².